The molecular weight excluding hydrogens is 364 g/mol. The zero-order valence-electron chi connectivity index (χ0n) is 17.5. The lowest BCUT2D eigenvalue weighted by Crippen LogP contribution is -2.58. The minimum Gasteiger partial charge on any atom is -0.381 e. The minimum atomic E-state index is 0.0194. The van der Waals surface area contributed by atoms with E-state index in [1.165, 1.54) is 18.4 Å². The van der Waals surface area contributed by atoms with E-state index >= 15 is 0 Å². The van der Waals surface area contributed by atoms with Crippen LogP contribution in [0.15, 0.2) is 30.3 Å². The maximum absolute atomic E-state index is 13.1. The van der Waals surface area contributed by atoms with Gasteiger partial charge in [0.05, 0.1) is 18.8 Å². The van der Waals surface area contributed by atoms with Gasteiger partial charge in [-0.1, -0.05) is 30.3 Å². The Bertz CT molecular complexity index is 639. The molecule has 0 radical (unpaired) electrons. The number of carbonyl (C=O) groups is 1. The van der Waals surface area contributed by atoms with Gasteiger partial charge < -0.3 is 20.1 Å². The van der Waals surface area contributed by atoms with E-state index < -0.39 is 0 Å². The molecule has 2 atom stereocenters. The van der Waals surface area contributed by atoms with Crippen LogP contribution in [-0.4, -0.2) is 55.4 Å². The number of ether oxygens (including phenoxy) is 2. The molecule has 1 saturated carbocycles. The first-order valence-corrected chi connectivity index (χ1v) is 11.5. The lowest BCUT2D eigenvalue weighted by Gasteiger charge is -2.42. The molecule has 5 nitrogen and oxygen atoms in total. The Morgan fingerprint density at radius 1 is 1.03 bits per heavy atom. The van der Waals surface area contributed by atoms with Gasteiger partial charge in [-0.3, -0.25) is 4.79 Å². The molecule has 2 N–H and O–H groups in total. The molecule has 3 aliphatic rings. The number of carbonyl (C=O) groups excluding carboxylic acids is 1. The quantitative estimate of drug-likeness (QED) is 0.822. The molecular formula is C24H36N2O3. The maximum atomic E-state index is 13.1. The Balaban J connectivity index is 1.29. The molecule has 2 heterocycles. The molecule has 160 valence electrons. The number of hydrogen-bond acceptors (Lipinski definition) is 4. The summed E-state index contributed by atoms with van der Waals surface area (Å²) in [6, 6.07) is 10.9. The highest BCUT2D eigenvalue weighted by Gasteiger charge is 2.36. The molecule has 0 spiro atoms. The Labute approximate surface area is 174 Å². The lowest BCUT2D eigenvalue weighted by molar-refractivity contribution is -0.145. The van der Waals surface area contributed by atoms with E-state index in [9.17, 15) is 4.79 Å². The summed E-state index contributed by atoms with van der Waals surface area (Å²) < 4.78 is 11.8. The monoisotopic (exact) mass is 400 g/mol. The number of amides is 1. The van der Waals surface area contributed by atoms with Crippen molar-refractivity contribution in [1.29, 1.82) is 0 Å². The van der Waals surface area contributed by atoms with Crippen LogP contribution < -0.4 is 5.73 Å². The molecule has 4 rings (SSSR count). The second-order valence-corrected chi connectivity index (χ2v) is 9.01. The highest BCUT2D eigenvalue weighted by atomic mass is 16.5. The van der Waals surface area contributed by atoms with E-state index in [1.807, 2.05) is 4.90 Å². The standard InChI is InChI=1S/C24H36N2O3/c25-22-7-4-14-26(24(27)20-12-15-28-16-13-20)23(22)17-29-21-10-8-19(9-11-21)18-5-2-1-3-6-18/h1-3,5-6,19-23H,4,7-17,25H2/t19?,21?,22-,23-/m0/s1. The third-order valence-corrected chi connectivity index (χ3v) is 7.13. The third kappa shape index (κ3) is 5.19. The zero-order valence-corrected chi connectivity index (χ0v) is 17.5. The molecule has 1 amide bonds. The molecule has 0 bridgehead atoms. The van der Waals surface area contributed by atoms with Crippen LogP contribution in [0.1, 0.15) is 62.8 Å². The topological polar surface area (TPSA) is 64.8 Å². The van der Waals surface area contributed by atoms with Gasteiger partial charge in [0.1, 0.15) is 0 Å². The van der Waals surface area contributed by atoms with E-state index in [0.717, 1.165) is 45.1 Å². The van der Waals surface area contributed by atoms with E-state index in [0.29, 0.717) is 31.8 Å². The average molecular weight is 401 g/mol. The summed E-state index contributed by atoms with van der Waals surface area (Å²) in [7, 11) is 0. The first-order valence-electron chi connectivity index (χ1n) is 11.5. The van der Waals surface area contributed by atoms with E-state index in [1.54, 1.807) is 0 Å². The van der Waals surface area contributed by atoms with Crippen LogP contribution in [0.3, 0.4) is 0 Å². The molecule has 3 fully saturated rings. The fraction of sp³-hybridized carbons (Fsp3) is 0.708. The summed E-state index contributed by atoms with van der Waals surface area (Å²) in [5.41, 5.74) is 7.90. The molecule has 1 aromatic carbocycles. The first kappa shape index (κ1) is 20.8. The van der Waals surface area contributed by atoms with Crippen molar-refractivity contribution in [3.63, 3.8) is 0 Å². The zero-order chi connectivity index (χ0) is 20.1. The summed E-state index contributed by atoms with van der Waals surface area (Å²) in [5.74, 6) is 1.02. The van der Waals surface area contributed by atoms with Gasteiger partial charge in [-0.2, -0.15) is 0 Å². The van der Waals surface area contributed by atoms with Crippen molar-refractivity contribution < 1.29 is 14.3 Å². The number of hydrogen-bond donors (Lipinski definition) is 1. The predicted molar refractivity (Wildman–Crippen MR) is 114 cm³/mol. The molecule has 29 heavy (non-hydrogen) atoms. The highest BCUT2D eigenvalue weighted by molar-refractivity contribution is 5.79. The number of likely N-dealkylation sites (tertiary alicyclic amines) is 1. The van der Waals surface area contributed by atoms with Gasteiger partial charge >= 0.3 is 0 Å². The van der Waals surface area contributed by atoms with Crippen LogP contribution in [-0.2, 0) is 14.3 Å². The van der Waals surface area contributed by atoms with Gasteiger partial charge in [-0.25, -0.2) is 0 Å². The van der Waals surface area contributed by atoms with E-state index in [2.05, 4.69) is 30.3 Å². The number of piperidine rings is 1. The number of benzene rings is 1. The van der Waals surface area contributed by atoms with Gasteiger partial charge in [0.2, 0.25) is 5.91 Å². The van der Waals surface area contributed by atoms with Crippen LogP contribution in [0, 0.1) is 5.92 Å². The van der Waals surface area contributed by atoms with Gasteiger partial charge in [-0.05, 0) is 62.8 Å². The van der Waals surface area contributed by atoms with Crippen LogP contribution in [0.2, 0.25) is 0 Å². The van der Waals surface area contributed by atoms with E-state index in [4.69, 9.17) is 15.2 Å². The molecule has 2 aliphatic heterocycles. The first-order chi connectivity index (χ1) is 14.2. The van der Waals surface area contributed by atoms with Crippen molar-refractivity contribution in [3.05, 3.63) is 35.9 Å². The van der Waals surface area contributed by atoms with Gasteiger partial charge in [0.25, 0.3) is 0 Å². The molecule has 2 saturated heterocycles. The Kier molecular flexibility index (Phi) is 7.22. The van der Waals surface area contributed by atoms with Crippen LogP contribution in [0.5, 0.6) is 0 Å². The van der Waals surface area contributed by atoms with Gasteiger partial charge in [-0.15, -0.1) is 0 Å². The van der Waals surface area contributed by atoms with Crippen molar-refractivity contribution in [3.8, 4) is 0 Å². The molecule has 1 aromatic rings. The second kappa shape index (κ2) is 10.1. The largest absolute Gasteiger partial charge is 0.381 e. The highest BCUT2D eigenvalue weighted by Crippen LogP contribution is 2.34. The van der Waals surface area contributed by atoms with Crippen molar-refractivity contribution >= 4 is 5.91 Å². The van der Waals surface area contributed by atoms with Crippen LogP contribution >= 0.6 is 0 Å². The van der Waals surface area contributed by atoms with Gasteiger partial charge in [0, 0.05) is 31.7 Å². The van der Waals surface area contributed by atoms with Crippen molar-refractivity contribution in [1.82, 2.24) is 4.90 Å². The van der Waals surface area contributed by atoms with Crippen molar-refractivity contribution in [2.24, 2.45) is 11.7 Å². The number of nitrogens with two attached hydrogens (primary N) is 1. The van der Waals surface area contributed by atoms with Crippen molar-refractivity contribution in [2.45, 2.75) is 75.5 Å². The molecule has 5 heteroatoms. The average Bonchev–Trinajstić information content (AvgIpc) is 2.79. The predicted octanol–water partition coefficient (Wildman–Crippen LogP) is 3.47. The Hall–Kier alpha value is -1.43. The Morgan fingerprint density at radius 3 is 2.48 bits per heavy atom. The van der Waals surface area contributed by atoms with Crippen LogP contribution in [0.4, 0.5) is 0 Å². The van der Waals surface area contributed by atoms with E-state index in [-0.39, 0.29) is 23.9 Å². The summed E-state index contributed by atoms with van der Waals surface area (Å²) in [4.78, 5) is 15.2. The number of rotatable bonds is 5. The summed E-state index contributed by atoms with van der Waals surface area (Å²) >= 11 is 0. The smallest absolute Gasteiger partial charge is 0.226 e. The minimum absolute atomic E-state index is 0.0194. The van der Waals surface area contributed by atoms with Crippen LogP contribution in [0.25, 0.3) is 0 Å². The fourth-order valence-electron chi connectivity index (χ4n) is 5.28. The summed E-state index contributed by atoms with van der Waals surface area (Å²) in [6.07, 6.45) is 8.48. The fourth-order valence-corrected chi connectivity index (χ4v) is 5.28. The number of nitrogens with zero attached hydrogens (tertiary/aromatic N) is 1. The second-order valence-electron chi connectivity index (χ2n) is 9.01. The normalized spacial score (nSPS) is 31.6. The Morgan fingerprint density at radius 2 is 1.76 bits per heavy atom. The maximum Gasteiger partial charge on any atom is 0.226 e. The molecule has 0 aromatic heterocycles. The van der Waals surface area contributed by atoms with Crippen molar-refractivity contribution in [2.75, 3.05) is 26.4 Å². The SMILES string of the molecule is N[C@H]1CCCN(C(=O)C2CCOCC2)[C@H]1COC1CCC(c2ccccc2)CC1. The molecule has 0 unspecified atom stereocenters. The summed E-state index contributed by atoms with van der Waals surface area (Å²) in [6.45, 7) is 2.79. The lowest BCUT2D eigenvalue weighted by atomic mass is 9.83. The summed E-state index contributed by atoms with van der Waals surface area (Å²) in [5, 5.41) is 0. The van der Waals surface area contributed by atoms with Gasteiger partial charge in [0.15, 0.2) is 0 Å². The third-order valence-electron chi connectivity index (χ3n) is 7.13. The molecule has 1 aliphatic carbocycles.